The van der Waals surface area contributed by atoms with Crippen LogP contribution in [0.15, 0.2) is 140 Å². The van der Waals surface area contributed by atoms with Gasteiger partial charge in [0.25, 0.3) is 0 Å². The highest BCUT2D eigenvalue weighted by molar-refractivity contribution is 6.32. The van der Waals surface area contributed by atoms with Crippen molar-refractivity contribution < 1.29 is 0 Å². The number of nitrogens with zero attached hydrogens (tertiary/aromatic N) is 2. The molecule has 8 aromatic rings. The number of anilines is 3. The molecule has 0 saturated heterocycles. The Hall–Kier alpha value is -5.08. The Balaban J connectivity index is 1.52. The second-order valence-electron chi connectivity index (χ2n) is 10.2. The van der Waals surface area contributed by atoms with Gasteiger partial charge in [0.2, 0.25) is 0 Å². The third kappa shape index (κ3) is 3.22. The fourth-order valence-electron chi connectivity index (χ4n) is 6.44. The van der Waals surface area contributed by atoms with Crippen molar-refractivity contribution in [2.45, 2.75) is 0 Å². The lowest BCUT2D eigenvalue weighted by Gasteiger charge is -2.27. The van der Waals surface area contributed by atoms with Gasteiger partial charge in [-0.15, -0.1) is 0 Å². The predicted octanol–water partition coefficient (Wildman–Crippen LogP) is 10.3. The molecule has 0 radical (unpaired) electrons. The Morgan fingerprint density at radius 1 is 0.436 bits per heavy atom. The summed E-state index contributed by atoms with van der Waals surface area (Å²) >= 11 is 0. The average molecular weight is 499 g/mol. The molecule has 2 heteroatoms. The van der Waals surface area contributed by atoms with Gasteiger partial charge in [-0.25, -0.2) is 0 Å². The zero-order chi connectivity index (χ0) is 25.9. The molecule has 1 aromatic heterocycles. The molecule has 0 fully saturated rings. The molecule has 8 rings (SSSR count). The molecule has 0 atom stereocenters. The minimum absolute atomic E-state index is 1.14. The van der Waals surface area contributed by atoms with E-state index in [9.17, 15) is 0 Å². The van der Waals surface area contributed by atoms with Gasteiger partial charge in [0.05, 0.1) is 16.7 Å². The van der Waals surface area contributed by atoms with E-state index in [1.165, 1.54) is 59.8 Å². The van der Waals surface area contributed by atoms with E-state index in [2.05, 4.69) is 156 Å². The minimum atomic E-state index is 1.14. The van der Waals surface area contributed by atoms with Gasteiger partial charge in [-0.05, 0) is 57.3 Å². The van der Waals surface area contributed by atoms with Gasteiger partial charge >= 0.3 is 0 Å². The summed E-state index contributed by atoms with van der Waals surface area (Å²) in [6, 6.07) is 50.4. The molecular weight excluding hydrogens is 472 g/mol. The van der Waals surface area contributed by atoms with Gasteiger partial charge in [-0.1, -0.05) is 109 Å². The molecule has 0 aliphatic rings. The Labute approximate surface area is 226 Å². The van der Waals surface area contributed by atoms with Crippen molar-refractivity contribution in [3.8, 4) is 0 Å². The molecule has 184 valence electrons. The minimum Gasteiger partial charge on any atom is -0.341 e. The van der Waals surface area contributed by atoms with E-state index in [4.69, 9.17) is 0 Å². The number of fused-ring (bicyclic) bond motifs is 9. The standard InChI is InChI=1S/C37H26N2/c1-38-36-33(35-31-18-9-7-16-29(31)30-17-8-10-19-32(30)37(35)38)20-11-21-34(36)39(27-14-3-2-4-15-27)28-23-22-25-12-5-6-13-26(25)24-28/h2-24H,1H3. The summed E-state index contributed by atoms with van der Waals surface area (Å²) in [5.74, 6) is 0. The van der Waals surface area contributed by atoms with Crippen molar-refractivity contribution in [3.05, 3.63) is 140 Å². The number of aryl methyl sites for hydroxylation is 1. The Morgan fingerprint density at radius 3 is 1.85 bits per heavy atom. The Morgan fingerprint density at radius 2 is 1.05 bits per heavy atom. The maximum Gasteiger partial charge on any atom is 0.0734 e. The number of hydrogen-bond donors (Lipinski definition) is 0. The summed E-state index contributed by atoms with van der Waals surface area (Å²) in [7, 11) is 2.22. The third-order valence-corrected chi connectivity index (χ3v) is 8.11. The SMILES string of the molecule is Cn1c2c(N(c3ccccc3)c3ccc4ccccc4c3)cccc2c2c3ccccc3c3ccccc3c21. The highest BCUT2D eigenvalue weighted by atomic mass is 15.2. The molecule has 0 N–H and O–H groups in total. The predicted molar refractivity (Wildman–Crippen MR) is 168 cm³/mol. The molecule has 39 heavy (non-hydrogen) atoms. The van der Waals surface area contributed by atoms with E-state index < -0.39 is 0 Å². The van der Waals surface area contributed by atoms with Crippen molar-refractivity contribution in [3.63, 3.8) is 0 Å². The third-order valence-electron chi connectivity index (χ3n) is 8.11. The summed E-state index contributed by atoms with van der Waals surface area (Å²) < 4.78 is 2.41. The normalized spacial score (nSPS) is 11.7. The van der Waals surface area contributed by atoms with Crippen LogP contribution in [0.1, 0.15) is 0 Å². The van der Waals surface area contributed by atoms with Crippen molar-refractivity contribution in [2.24, 2.45) is 7.05 Å². The first-order valence-electron chi connectivity index (χ1n) is 13.4. The van der Waals surface area contributed by atoms with Crippen LogP contribution in [0.2, 0.25) is 0 Å². The topological polar surface area (TPSA) is 8.17 Å². The number of aromatic nitrogens is 1. The smallest absolute Gasteiger partial charge is 0.0734 e. The van der Waals surface area contributed by atoms with Gasteiger partial charge < -0.3 is 9.47 Å². The van der Waals surface area contributed by atoms with E-state index in [1.54, 1.807) is 0 Å². The highest BCUT2D eigenvalue weighted by Gasteiger charge is 2.22. The molecular formula is C37H26N2. The molecule has 1 heterocycles. The summed E-state index contributed by atoms with van der Waals surface area (Å²) in [5, 5.41) is 10.2. The van der Waals surface area contributed by atoms with Crippen LogP contribution < -0.4 is 4.90 Å². The molecule has 0 bridgehead atoms. The van der Waals surface area contributed by atoms with E-state index in [0.29, 0.717) is 0 Å². The number of benzene rings is 7. The van der Waals surface area contributed by atoms with Crippen molar-refractivity contribution in [2.75, 3.05) is 4.90 Å². The fourth-order valence-corrected chi connectivity index (χ4v) is 6.44. The first-order valence-corrected chi connectivity index (χ1v) is 13.4. The number of para-hydroxylation sites is 2. The molecule has 0 spiro atoms. The van der Waals surface area contributed by atoms with Gasteiger partial charge in [0.1, 0.15) is 0 Å². The summed E-state index contributed by atoms with van der Waals surface area (Å²) in [4.78, 5) is 2.40. The van der Waals surface area contributed by atoms with E-state index in [-0.39, 0.29) is 0 Å². The summed E-state index contributed by atoms with van der Waals surface area (Å²) in [6.45, 7) is 0. The van der Waals surface area contributed by atoms with Gasteiger partial charge in [0.15, 0.2) is 0 Å². The van der Waals surface area contributed by atoms with Crippen molar-refractivity contribution >= 4 is 71.2 Å². The lowest BCUT2D eigenvalue weighted by atomic mass is 9.96. The summed E-state index contributed by atoms with van der Waals surface area (Å²) in [6.07, 6.45) is 0. The molecule has 0 aliphatic carbocycles. The lowest BCUT2D eigenvalue weighted by Crippen LogP contribution is -2.11. The molecule has 0 unspecified atom stereocenters. The van der Waals surface area contributed by atoms with Crippen LogP contribution >= 0.6 is 0 Å². The van der Waals surface area contributed by atoms with Crippen LogP contribution in [0.3, 0.4) is 0 Å². The van der Waals surface area contributed by atoms with Crippen LogP contribution in [0, 0.1) is 0 Å². The van der Waals surface area contributed by atoms with Gasteiger partial charge in [0, 0.05) is 34.6 Å². The average Bonchev–Trinajstić information content (AvgIpc) is 3.31. The second-order valence-corrected chi connectivity index (χ2v) is 10.2. The van der Waals surface area contributed by atoms with Gasteiger partial charge in [-0.3, -0.25) is 0 Å². The quantitative estimate of drug-likeness (QED) is 0.220. The monoisotopic (exact) mass is 498 g/mol. The molecule has 2 nitrogen and oxygen atoms in total. The van der Waals surface area contributed by atoms with Crippen LogP contribution in [0.5, 0.6) is 0 Å². The van der Waals surface area contributed by atoms with Crippen molar-refractivity contribution in [1.29, 1.82) is 0 Å². The molecule has 7 aromatic carbocycles. The number of rotatable bonds is 3. The first kappa shape index (κ1) is 22.0. The zero-order valence-corrected chi connectivity index (χ0v) is 21.7. The van der Waals surface area contributed by atoms with E-state index >= 15 is 0 Å². The zero-order valence-electron chi connectivity index (χ0n) is 21.7. The van der Waals surface area contributed by atoms with Crippen LogP contribution in [0.25, 0.3) is 54.1 Å². The maximum absolute atomic E-state index is 2.41. The van der Waals surface area contributed by atoms with E-state index in [0.717, 1.165) is 11.4 Å². The largest absolute Gasteiger partial charge is 0.341 e. The fraction of sp³-hybridized carbons (Fsp3) is 0.0270. The first-order chi connectivity index (χ1) is 19.3. The van der Waals surface area contributed by atoms with Gasteiger partial charge in [-0.2, -0.15) is 0 Å². The molecule has 0 amide bonds. The number of hydrogen-bond acceptors (Lipinski definition) is 1. The van der Waals surface area contributed by atoms with Crippen LogP contribution in [0.4, 0.5) is 17.1 Å². The molecule has 0 saturated carbocycles. The van der Waals surface area contributed by atoms with Crippen LogP contribution in [-0.2, 0) is 7.05 Å². The Kier molecular flexibility index (Phi) is 4.77. The highest BCUT2D eigenvalue weighted by Crippen LogP contribution is 2.45. The summed E-state index contributed by atoms with van der Waals surface area (Å²) in [5.41, 5.74) is 5.96. The Bertz CT molecular complexity index is 2190. The molecule has 0 aliphatic heterocycles. The van der Waals surface area contributed by atoms with Crippen LogP contribution in [-0.4, -0.2) is 4.57 Å². The van der Waals surface area contributed by atoms with Crippen molar-refractivity contribution in [1.82, 2.24) is 4.57 Å². The van der Waals surface area contributed by atoms with E-state index in [1.807, 2.05) is 0 Å². The lowest BCUT2D eigenvalue weighted by molar-refractivity contribution is 1.02. The second kappa shape index (κ2) is 8.47. The maximum atomic E-state index is 2.41.